The van der Waals surface area contributed by atoms with Crippen LogP contribution in [0.3, 0.4) is 0 Å². The van der Waals surface area contributed by atoms with Gasteiger partial charge in [-0.05, 0) is 35.5 Å². The first-order valence-electron chi connectivity index (χ1n) is 5.98. The van der Waals surface area contributed by atoms with Crippen molar-refractivity contribution < 1.29 is 4.79 Å². The van der Waals surface area contributed by atoms with Crippen molar-refractivity contribution in [3.8, 4) is 5.69 Å². The molecule has 7 nitrogen and oxygen atoms in total. The Morgan fingerprint density at radius 3 is 2.85 bits per heavy atom. The lowest BCUT2D eigenvalue weighted by Crippen LogP contribution is -2.26. The third-order valence-corrected chi connectivity index (χ3v) is 2.78. The predicted octanol–water partition coefficient (Wildman–Crippen LogP) is 0.926. The van der Waals surface area contributed by atoms with Gasteiger partial charge in [0, 0.05) is 18.2 Å². The first-order valence-corrected chi connectivity index (χ1v) is 5.98. The average Bonchev–Trinajstić information content (AvgIpc) is 2.84. The number of benzene rings is 1. The largest absolute Gasteiger partial charge is 0.330 e. The summed E-state index contributed by atoms with van der Waals surface area (Å²) in [6, 6.07) is 7.32. The van der Waals surface area contributed by atoms with Gasteiger partial charge in [-0.15, -0.1) is 17.5 Å². The minimum Gasteiger partial charge on any atom is -0.330 e. The molecule has 0 saturated heterocycles. The van der Waals surface area contributed by atoms with Crippen molar-refractivity contribution in [2.75, 3.05) is 11.9 Å². The number of tetrazole rings is 1. The van der Waals surface area contributed by atoms with Gasteiger partial charge in [0.25, 0.3) is 0 Å². The fourth-order valence-electron chi connectivity index (χ4n) is 1.56. The Balaban J connectivity index is 0.00000200. The first-order chi connectivity index (χ1) is 9.11. The molecular formula is C12H17ClN6O. The molecule has 0 bridgehead atoms. The molecule has 8 heteroatoms. The Hall–Kier alpha value is -1.99. The summed E-state index contributed by atoms with van der Waals surface area (Å²) in [7, 11) is 0. The Labute approximate surface area is 123 Å². The minimum absolute atomic E-state index is 0. The quantitative estimate of drug-likeness (QED) is 0.874. The van der Waals surface area contributed by atoms with Gasteiger partial charge in [0.05, 0.1) is 5.69 Å². The van der Waals surface area contributed by atoms with Crippen molar-refractivity contribution in [3.63, 3.8) is 0 Å². The molecule has 1 aromatic carbocycles. The van der Waals surface area contributed by atoms with E-state index in [1.165, 1.54) is 0 Å². The van der Waals surface area contributed by atoms with Gasteiger partial charge in [-0.1, -0.05) is 13.0 Å². The maximum atomic E-state index is 11.8. The van der Waals surface area contributed by atoms with E-state index in [4.69, 9.17) is 5.73 Å². The molecule has 1 atom stereocenters. The molecule has 1 heterocycles. The van der Waals surface area contributed by atoms with Crippen LogP contribution < -0.4 is 11.1 Å². The van der Waals surface area contributed by atoms with Crippen molar-refractivity contribution in [1.82, 2.24) is 20.2 Å². The van der Waals surface area contributed by atoms with E-state index < -0.39 is 0 Å². The molecule has 0 spiro atoms. The molecule has 0 aliphatic heterocycles. The van der Waals surface area contributed by atoms with Crippen LogP contribution in [-0.2, 0) is 4.79 Å². The van der Waals surface area contributed by atoms with Crippen molar-refractivity contribution in [2.24, 2.45) is 11.7 Å². The van der Waals surface area contributed by atoms with Crippen LogP contribution in [0.2, 0.25) is 0 Å². The van der Waals surface area contributed by atoms with Crippen molar-refractivity contribution in [3.05, 3.63) is 30.1 Å². The van der Waals surface area contributed by atoms with E-state index in [1.54, 1.807) is 11.6 Å². The Morgan fingerprint density at radius 1 is 1.50 bits per heavy atom. The molecule has 0 radical (unpaired) electrons. The third-order valence-electron chi connectivity index (χ3n) is 2.78. The third kappa shape index (κ3) is 3.52. The molecule has 1 aromatic heterocycles. The molecular weight excluding hydrogens is 280 g/mol. The van der Waals surface area contributed by atoms with Crippen LogP contribution in [0.25, 0.3) is 5.69 Å². The number of anilines is 1. The summed E-state index contributed by atoms with van der Waals surface area (Å²) >= 11 is 0. The number of aromatic nitrogens is 4. The number of halogens is 1. The van der Waals surface area contributed by atoms with E-state index in [2.05, 4.69) is 20.8 Å². The highest BCUT2D eigenvalue weighted by Crippen LogP contribution is 2.15. The molecule has 1 unspecified atom stereocenters. The number of carbonyl (C=O) groups is 1. The Bertz CT molecular complexity index is 585. The lowest BCUT2D eigenvalue weighted by atomic mass is 10.1. The number of nitrogens with zero attached hydrogens (tertiary/aromatic N) is 4. The van der Waals surface area contributed by atoms with Crippen LogP contribution in [0.15, 0.2) is 24.3 Å². The van der Waals surface area contributed by atoms with Crippen LogP contribution >= 0.6 is 12.4 Å². The van der Waals surface area contributed by atoms with E-state index in [9.17, 15) is 4.79 Å². The lowest BCUT2D eigenvalue weighted by molar-refractivity contribution is -0.119. The highest BCUT2D eigenvalue weighted by atomic mass is 35.5. The maximum Gasteiger partial charge on any atom is 0.228 e. The second-order valence-corrected chi connectivity index (χ2v) is 4.31. The first kappa shape index (κ1) is 16.1. The van der Waals surface area contributed by atoms with Gasteiger partial charge >= 0.3 is 0 Å². The van der Waals surface area contributed by atoms with Crippen LogP contribution in [0.1, 0.15) is 12.7 Å². The van der Waals surface area contributed by atoms with Crippen molar-refractivity contribution in [1.29, 1.82) is 0 Å². The molecule has 2 rings (SSSR count). The van der Waals surface area contributed by atoms with Gasteiger partial charge in [-0.25, -0.2) is 0 Å². The average molecular weight is 297 g/mol. The van der Waals surface area contributed by atoms with E-state index >= 15 is 0 Å². The number of nitrogens with two attached hydrogens (primary N) is 1. The number of aryl methyl sites for hydroxylation is 1. The number of amides is 1. The van der Waals surface area contributed by atoms with Gasteiger partial charge in [0.15, 0.2) is 5.82 Å². The van der Waals surface area contributed by atoms with Gasteiger partial charge in [0.1, 0.15) is 0 Å². The number of nitrogens with one attached hydrogen (secondary N) is 1. The van der Waals surface area contributed by atoms with Gasteiger partial charge in [-0.2, -0.15) is 4.68 Å². The second kappa shape index (κ2) is 6.97. The zero-order valence-electron chi connectivity index (χ0n) is 11.3. The van der Waals surface area contributed by atoms with Crippen LogP contribution in [0.5, 0.6) is 0 Å². The molecule has 108 valence electrons. The van der Waals surface area contributed by atoms with Crippen LogP contribution in [0.4, 0.5) is 5.69 Å². The van der Waals surface area contributed by atoms with Crippen molar-refractivity contribution >= 4 is 24.0 Å². The smallest absolute Gasteiger partial charge is 0.228 e. The highest BCUT2D eigenvalue weighted by Gasteiger charge is 2.11. The summed E-state index contributed by atoms with van der Waals surface area (Å²) in [5.41, 5.74) is 6.95. The zero-order chi connectivity index (χ0) is 13.8. The van der Waals surface area contributed by atoms with Gasteiger partial charge in [-0.3, -0.25) is 4.79 Å². The predicted molar refractivity (Wildman–Crippen MR) is 78.0 cm³/mol. The van der Waals surface area contributed by atoms with Crippen molar-refractivity contribution in [2.45, 2.75) is 13.8 Å². The van der Waals surface area contributed by atoms with Crippen LogP contribution in [-0.4, -0.2) is 32.7 Å². The van der Waals surface area contributed by atoms with Gasteiger partial charge in [0.2, 0.25) is 5.91 Å². The summed E-state index contributed by atoms with van der Waals surface area (Å²) in [5, 5.41) is 14.1. The molecule has 2 aromatic rings. The number of rotatable bonds is 4. The second-order valence-electron chi connectivity index (χ2n) is 4.31. The van der Waals surface area contributed by atoms with E-state index in [0.717, 1.165) is 5.69 Å². The number of hydrogen-bond acceptors (Lipinski definition) is 5. The van der Waals surface area contributed by atoms with Gasteiger partial charge < -0.3 is 11.1 Å². The fourth-order valence-corrected chi connectivity index (χ4v) is 1.56. The van der Waals surface area contributed by atoms with E-state index in [1.807, 2.05) is 31.2 Å². The molecule has 20 heavy (non-hydrogen) atoms. The summed E-state index contributed by atoms with van der Waals surface area (Å²) in [5.74, 6) is 0.352. The molecule has 0 aliphatic rings. The van der Waals surface area contributed by atoms with E-state index in [-0.39, 0.29) is 24.2 Å². The fraction of sp³-hybridized carbons (Fsp3) is 0.333. The van der Waals surface area contributed by atoms with Crippen LogP contribution in [0, 0.1) is 12.8 Å². The standard InChI is InChI=1S/C12H16N6O.ClH/c1-8(7-13)12(19)14-10-4-3-5-11(6-10)18-9(2)15-16-17-18;/h3-6,8H,7,13H2,1-2H3,(H,14,19);1H. The summed E-state index contributed by atoms with van der Waals surface area (Å²) in [6.45, 7) is 3.91. The molecule has 0 saturated carbocycles. The molecule has 0 fully saturated rings. The zero-order valence-corrected chi connectivity index (χ0v) is 12.1. The topological polar surface area (TPSA) is 98.7 Å². The van der Waals surface area contributed by atoms with E-state index in [0.29, 0.717) is 18.1 Å². The monoisotopic (exact) mass is 296 g/mol. The minimum atomic E-state index is -0.224. The summed E-state index contributed by atoms with van der Waals surface area (Å²) in [6.07, 6.45) is 0. The maximum absolute atomic E-state index is 11.8. The Morgan fingerprint density at radius 2 is 2.25 bits per heavy atom. The summed E-state index contributed by atoms with van der Waals surface area (Å²) < 4.78 is 1.60. The summed E-state index contributed by atoms with van der Waals surface area (Å²) in [4.78, 5) is 11.8. The highest BCUT2D eigenvalue weighted by molar-refractivity contribution is 5.92. The normalized spacial score (nSPS) is 11.6. The molecule has 1 amide bonds. The number of hydrogen-bond donors (Lipinski definition) is 2. The molecule has 0 aliphatic carbocycles. The SMILES string of the molecule is Cc1nnnn1-c1cccc(NC(=O)C(C)CN)c1.Cl. The number of carbonyl (C=O) groups excluding carboxylic acids is 1. The Kier molecular flexibility index (Phi) is 5.60. The lowest BCUT2D eigenvalue weighted by Gasteiger charge is -2.11. The molecule has 3 N–H and O–H groups in total.